The summed E-state index contributed by atoms with van der Waals surface area (Å²) >= 11 is 6.00. The number of nitrogens with two attached hydrogens (primary N) is 1. The first-order valence-electron chi connectivity index (χ1n) is 11.3. The van der Waals surface area contributed by atoms with Crippen LogP contribution in [0.2, 0.25) is 5.02 Å². The molecule has 1 aliphatic rings. The van der Waals surface area contributed by atoms with Crippen LogP contribution in [0, 0.1) is 0 Å². The van der Waals surface area contributed by atoms with Gasteiger partial charge in [-0.1, -0.05) is 30.7 Å². The van der Waals surface area contributed by atoms with Crippen molar-refractivity contribution in [2.75, 3.05) is 25.4 Å². The molecule has 1 atom stereocenters. The number of carbonyl (C=O) groups is 1. The molecule has 2 aromatic rings. The molecule has 1 fully saturated rings. The molecule has 1 heterocycles. The Kier molecular flexibility index (Phi) is 8.20. The van der Waals surface area contributed by atoms with E-state index in [1.807, 2.05) is 4.90 Å². The third kappa shape index (κ3) is 5.66. The van der Waals surface area contributed by atoms with Gasteiger partial charge < -0.3 is 11.1 Å². The first-order chi connectivity index (χ1) is 16.3. The zero-order chi connectivity index (χ0) is 26.0. The number of amides is 1. The fourth-order valence-electron chi connectivity index (χ4n) is 4.53. The van der Waals surface area contributed by atoms with E-state index in [-0.39, 0.29) is 39.9 Å². The van der Waals surface area contributed by atoms with Crippen LogP contribution in [-0.4, -0.2) is 44.6 Å². The Hall–Kier alpha value is -2.14. The third-order valence-electron chi connectivity index (χ3n) is 6.55. The zero-order valence-corrected chi connectivity index (χ0v) is 21.2. The Bertz CT molecular complexity index is 1200. The molecule has 0 radical (unpaired) electrons. The van der Waals surface area contributed by atoms with Gasteiger partial charge in [-0.3, -0.25) is 9.69 Å². The maximum atomic E-state index is 14.4. The molecular formula is C24H29ClF3N3O3S. The molecule has 2 aromatic carbocycles. The van der Waals surface area contributed by atoms with Crippen LogP contribution in [0.25, 0.3) is 0 Å². The molecule has 0 aromatic heterocycles. The molecule has 192 valence electrons. The number of hydrogen-bond donors (Lipinski definition) is 2. The van der Waals surface area contributed by atoms with Crippen molar-refractivity contribution in [3.8, 4) is 0 Å². The number of likely N-dealkylation sites (tertiary alicyclic amines) is 1. The second-order valence-electron chi connectivity index (χ2n) is 8.74. The second kappa shape index (κ2) is 10.5. The number of hydrogen-bond acceptors (Lipinski definition) is 5. The van der Waals surface area contributed by atoms with E-state index in [1.165, 1.54) is 37.3 Å². The third-order valence-corrected chi connectivity index (χ3v) is 8.61. The van der Waals surface area contributed by atoms with Crippen LogP contribution in [0.5, 0.6) is 0 Å². The highest BCUT2D eigenvalue weighted by molar-refractivity contribution is 7.91. The van der Waals surface area contributed by atoms with Crippen LogP contribution >= 0.6 is 11.6 Å². The first-order valence-corrected chi connectivity index (χ1v) is 13.3. The molecule has 0 aliphatic carbocycles. The highest BCUT2D eigenvalue weighted by Gasteiger charge is 2.45. The summed E-state index contributed by atoms with van der Waals surface area (Å²) in [5.41, 5.74) is 3.45. The molecule has 1 saturated heterocycles. The van der Waals surface area contributed by atoms with Crippen LogP contribution in [0.1, 0.15) is 53.7 Å². The van der Waals surface area contributed by atoms with E-state index in [0.717, 1.165) is 18.9 Å². The molecule has 0 spiro atoms. The Morgan fingerprint density at radius 2 is 1.83 bits per heavy atom. The van der Waals surface area contributed by atoms with Gasteiger partial charge in [-0.05, 0) is 68.2 Å². The standard InChI is InChI=1S/C24H29ClF3N3O3S/c1-3-35(33,34)20-10-9-17(25)13-16(20)14-30-22(32)18-7-6-8-19(21(18)24(26,27)28)23(2,15-29)31-11-4-5-12-31/h6-10,13H,3-5,11-12,14-15,29H2,1-2H3,(H,30,32)/t23-/m0/s1. The molecule has 1 amide bonds. The van der Waals surface area contributed by atoms with E-state index in [1.54, 1.807) is 6.92 Å². The topological polar surface area (TPSA) is 92.5 Å². The predicted octanol–water partition coefficient (Wildman–Crippen LogP) is 4.35. The highest BCUT2D eigenvalue weighted by atomic mass is 35.5. The summed E-state index contributed by atoms with van der Waals surface area (Å²) in [5, 5.41) is 2.69. The molecule has 6 nitrogen and oxygen atoms in total. The second-order valence-corrected chi connectivity index (χ2v) is 11.4. The number of rotatable bonds is 8. The summed E-state index contributed by atoms with van der Waals surface area (Å²) in [7, 11) is -3.64. The minimum atomic E-state index is -4.81. The molecule has 3 rings (SSSR count). The quantitative estimate of drug-likeness (QED) is 0.528. The van der Waals surface area contributed by atoms with E-state index >= 15 is 0 Å². The minimum Gasteiger partial charge on any atom is -0.348 e. The molecule has 0 bridgehead atoms. The molecule has 0 unspecified atom stereocenters. The monoisotopic (exact) mass is 531 g/mol. The average Bonchev–Trinajstić information content (AvgIpc) is 3.36. The number of halogens is 4. The first kappa shape index (κ1) is 27.4. The molecular weight excluding hydrogens is 503 g/mol. The number of alkyl halides is 3. The summed E-state index contributed by atoms with van der Waals surface area (Å²) in [5.74, 6) is -1.15. The zero-order valence-electron chi connectivity index (χ0n) is 19.6. The van der Waals surface area contributed by atoms with Crippen molar-refractivity contribution in [2.45, 2.75) is 49.8 Å². The lowest BCUT2D eigenvalue weighted by molar-refractivity contribution is -0.139. The van der Waals surface area contributed by atoms with E-state index in [9.17, 15) is 26.4 Å². The summed E-state index contributed by atoms with van der Waals surface area (Å²) in [6, 6.07) is 8.01. The van der Waals surface area contributed by atoms with Crippen LogP contribution in [-0.2, 0) is 28.1 Å². The van der Waals surface area contributed by atoms with Crippen molar-refractivity contribution in [1.82, 2.24) is 10.2 Å². The lowest BCUT2D eigenvalue weighted by Crippen LogP contribution is -2.49. The van der Waals surface area contributed by atoms with Crippen molar-refractivity contribution < 1.29 is 26.4 Å². The Morgan fingerprint density at radius 3 is 2.40 bits per heavy atom. The van der Waals surface area contributed by atoms with Gasteiger partial charge in [0, 0.05) is 18.1 Å². The Balaban J connectivity index is 2.02. The summed E-state index contributed by atoms with van der Waals surface area (Å²) < 4.78 is 68.0. The normalized spacial score (nSPS) is 16.8. The fourth-order valence-corrected chi connectivity index (χ4v) is 5.84. The van der Waals surface area contributed by atoms with Crippen molar-refractivity contribution in [3.05, 3.63) is 63.7 Å². The van der Waals surface area contributed by atoms with E-state index in [4.69, 9.17) is 17.3 Å². The van der Waals surface area contributed by atoms with Gasteiger partial charge in [0.2, 0.25) is 0 Å². The largest absolute Gasteiger partial charge is 0.417 e. The summed E-state index contributed by atoms with van der Waals surface area (Å²) in [6.07, 6.45) is -3.09. The maximum Gasteiger partial charge on any atom is 0.417 e. The summed E-state index contributed by atoms with van der Waals surface area (Å²) in [4.78, 5) is 14.9. The van der Waals surface area contributed by atoms with Crippen molar-refractivity contribution >= 4 is 27.3 Å². The van der Waals surface area contributed by atoms with Gasteiger partial charge >= 0.3 is 6.18 Å². The lowest BCUT2D eigenvalue weighted by atomic mass is 9.84. The van der Waals surface area contributed by atoms with E-state index in [0.29, 0.717) is 13.1 Å². The fraction of sp³-hybridized carbons (Fsp3) is 0.458. The van der Waals surface area contributed by atoms with Crippen LogP contribution in [0.15, 0.2) is 41.3 Å². The molecule has 11 heteroatoms. The van der Waals surface area contributed by atoms with Crippen LogP contribution < -0.4 is 11.1 Å². The SMILES string of the molecule is CCS(=O)(=O)c1ccc(Cl)cc1CNC(=O)c1cccc([C@](C)(CN)N2CCCC2)c1C(F)(F)F. The molecule has 3 N–H and O–H groups in total. The van der Waals surface area contributed by atoms with Gasteiger partial charge in [-0.2, -0.15) is 13.2 Å². The van der Waals surface area contributed by atoms with Gasteiger partial charge in [-0.15, -0.1) is 0 Å². The van der Waals surface area contributed by atoms with Gasteiger partial charge in [0.1, 0.15) is 0 Å². The van der Waals surface area contributed by atoms with Gasteiger partial charge in [0.25, 0.3) is 5.91 Å². The molecule has 0 saturated carbocycles. The molecule has 1 aliphatic heterocycles. The average molecular weight is 532 g/mol. The lowest BCUT2D eigenvalue weighted by Gasteiger charge is -2.40. The smallest absolute Gasteiger partial charge is 0.348 e. The van der Waals surface area contributed by atoms with Crippen molar-refractivity contribution in [1.29, 1.82) is 0 Å². The molecule has 35 heavy (non-hydrogen) atoms. The number of nitrogens with one attached hydrogen (secondary N) is 1. The van der Waals surface area contributed by atoms with Crippen LogP contribution in [0.3, 0.4) is 0 Å². The summed E-state index contributed by atoms with van der Waals surface area (Å²) in [6.45, 7) is 4.01. The van der Waals surface area contributed by atoms with E-state index < -0.39 is 38.6 Å². The van der Waals surface area contributed by atoms with Gasteiger partial charge in [-0.25, -0.2) is 8.42 Å². The van der Waals surface area contributed by atoms with E-state index in [2.05, 4.69) is 5.32 Å². The van der Waals surface area contributed by atoms with Gasteiger partial charge in [0.15, 0.2) is 9.84 Å². The van der Waals surface area contributed by atoms with Crippen molar-refractivity contribution in [2.24, 2.45) is 5.73 Å². The van der Waals surface area contributed by atoms with Crippen LogP contribution in [0.4, 0.5) is 13.2 Å². The Labute approximate surface area is 208 Å². The predicted molar refractivity (Wildman–Crippen MR) is 129 cm³/mol. The van der Waals surface area contributed by atoms with Crippen molar-refractivity contribution in [3.63, 3.8) is 0 Å². The van der Waals surface area contributed by atoms with Gasteiger partial charge in [0.05, 0.1) is 27.3 Å². The minimum absolute atomic E-state index is 0.0285. The number of nitrogens with zero attached hydrogens (tertiary/aromatic N) is 1. The number of benzene rings is 2. The highest BCUT2D eigenvalue weighted by Crippen LogP contribution is 2.42. The maximum absolute atomic E-state index is 14.4. The number of carbonyl (C=O) groups excluding carboxylic acids is 1. The Morgan fingerprint density at radius 1 is 1.17 bits per heavy atom. The number of sulfone groups is 1.